The zero-order chi connectivity index (χ0) is 13.1. The second-order valence-corrected chi connectivity index (χ2v) is 4.81. The van der Waals surface area contributed by atoms with Gasteiger partial charge < -0.3 is 21.3 Å². The summed E-state index contributed by atoms with van der Waals surface area (Å²) in [6, 6.07) is -0.146. The van der Waals surface area contributed by atoms with E-state index in [2.05, 4.69) is 5.32 Å². The van der Waals surface area contributed by atoms with Crippen molar-refractivity contribution in [1.82, 2.24) is 5.32 Å². The van der Waals surface area contributed by atoms with Crippen molar-refractivity contribution < 1.29 is 19.8 Å². The molecule has 5 N–H and O–H groups in total. The van der Waals surface area contributed by atoms with Crippen LogP contribution in [0, 0.1) is 5.41 Å². The summed E-state index contributed by atoms with van der Waals surface area (Å²) in [4.78, 5) is 22.3. The van der Waals surface area contributed by atoms with Gasteiger partial charge in [-0.15, -0.1) is 0 Å². The van der Waals surface area contributed by atoms with Crippen LogP contribution in [0.4, 0.5) is 0 Å². The van der Waals surface area contributed by atoms with Crippen molar-refractivity contribution in [2.24, 2.45) is 11.1 Å². The molecule has 0 aromatic carbocycles. The van der Waals surface area contributed by atoms with E-state index in [1.165, 1.54) is 0 Å². The van der Waals surface area contributed by atoms with Gasteiger partial charge >= 0.3 is 5.97 Å². The van der Waals surface area contributed by atoms with Crippen LogP contribution in [-0.2, 0) is 9.59 Å². The van der Waals surface area contributed by atoms with Gasteiger partial charge in [0.25, 0.3) is 0 Å². The molecule has 1 rings (SSSR count). The van der Waals surface area contributed by atoms with Crippen molar-refractivity contribution in [3.05, 3.63) is 0 Å². The normalized spacial score (nSPS) is 29.9. The van der Waals surface area contributed by atoms with Crippen molar-refractivity contribution in [1.29, 1.82) is 0 Å². The maximum Gasteiger partial charge on any atom is 0.332 e. The number of carboxylic acid groups (broad SMARTS) is 1. The van der Waals surface area contributed by atoms with Crippen LogP contribution in [0.5, 0.6) is 0 Å². The molecule has 3 atom stereocenters. The van der Waals surface area contributed by atoms with Crippen molar-refractivity contribution in [3.63, 3.8) is 0 Å². The Morgan fingerprint density at radius 2 is 2.24 bits per heavy atom. The van der Waals surface area contributed by atoms with Crippen LogP contribution in [0.1, 0.15) is 32.6 Å². The molecule has 1 amide bonds. The minimum atomic E-state index is -1.43. The third kappa shape index (κ3) is 3.17. The zero-order valence-corrected chi connectivity index (χ0v) is 9.98. The lowest BCUT2D eigenvalue weighted by molar-refractivity contribution is -0.147. The lowest BCUT2D eigenvalue weighted by Crippen LogP contribution is -2.48. The number of aliphatic carboxylic acids is 1. The summed E-state index contributed by atoms with van der Waals surface area (Å²) < 4.78 is 0. The summed E-state index contributed by atoms with van der Waals surface area (Å²) in [6.07, 6.45) is 1.10. The summed E-state index contributed by atoms with van der Waals surface area (Å²) in [6.45, 7) is 1.97. The number of rotatable bonds is 5. The Kier molecular flexibility index (Phi) is 4.47. The summed E-state index contributed by atoms with van der Waals surface area (Å²) in [5, 5.41) is 20.2. The Hall–Kier alpha value is -1.14. The van der Waals surface area contributed by atoms with Crippen LogP contribution >= 0.6 is 0 Å². The van der Waals surface area contributed by atoms with Gasteiger partial charge in [0.2, 0.25) is 5.91 Å². The molecular formula is C11H20N2O4. The highest BCUT2D eigenvalue weighted by Gasteiger charge is 2.42. The molecule has 1 fully saturated rings. The topological polar surface area (TPSA) is 113 Å². The summed E-state index contributed by atoms with van der Waals surface area (Å²) in [5.41, 5.74) is 5.33. The van der Waals surface area contributed by atoms with E-state index in [0.29, 0.717) is 0 Å². The molecule has 0 heterocycles. The van der Waals surface area contributed by atoms with Gasteiger partial charge in [-0.3, -0.25) is 4.79 Å². The molecule has 3 unspecified atom stereocenters. The molecule has 6 nitrogen and oxygen atoms in total. The van der Waals surface area contributed by atoms with Gasteiger partial charge in [-0.2, -0.15) is 0 Å². The molecule has 0 aromatic rings. The molecule has 1 saturated carbocycles. The largest absolute Gasteiger partial charge is 0.479 e. The first kappa shape index (κ1) is 13.9. The standard InChI is InChI=1S/C11H20N2O4/c1-11(5-2-3-8(11)12)10(17)13-6-4-7(14)9(15)16/h7-8,14H,2-6,12H2,1H3,(H,13,17)(H,15,16). The zero-order valence-electron chi connectivity index (χ0n) is 9.98. The molecule has 98 valence electrons. The first-order chi connectivity index (χ1) is 7.88. The smallest absolute Gasteiger partial charge is 0.332 e. The molecule has 0 radical (unpaired) electrons. The number of hydrogen-bond donors (Lipinski definition) is 4. The Morgan fingerprint density at radius 1 is 1.59 bits per heavy atom. The van der Waals surface area contributed by atoms with E-state index in [0.717, 1.165) is 19.3 Å². The van der Waals surface area contributed by atoms with E-state index in [-0.39, 0.29) is 24.9 Å². The van der Waals surface area contributed by atoms with Crippen LogP contribution in [0.15, 0.2) is 0 Å². The molecule has 0 spiro atoms. The molecule has 0 aliphatic heterocycles. The summed E-state index contributed by atoms with van der Waals surface area (Å²) >= 11 is 0. The third-order valence-corrected chi connectivity index (χ3v) is 3.54. The first-order valence-corrected chi connectivity index (χ1v) is 5.82. The van der Waals surface area contributed by atoms with E-state index >= 15 is 0 Å². The molecule has 6 heteroatoms. The number of nitrogens with one attached hydrogen (secondary N) is 1. The predicted octanol–water partition coefficient (Wildman–Crippen LogP) is -0.544. The maximum absolute atomic E-state index is 11.9. The van der Waals surface area contributed by atoms with E-state index in [1.54, 1.807) is 0 Å². The van der Waals surface area contributed by atoms with Crippen LogP contribution < -0.4 is 11.1 Å². The highest BCUT2D eigenvalue weighted by molar-refractivity contribution is 5.83. The van der Waals surface area contributed by atoms with Crippen molar-refractivity contribution in [2.45, 2.75) is 44.8 Å². The molecule has 0 bridgehead atoms. The second kappa shape index (κ2) is 5.46. The average Bonchev–Trinajstić information content (AvgIpc) is 2.60. The third-order valence-electron chi connectivity index (χ3n) is 3.54. The van der Waals surface area contributed by atoms with Gasteiger partial charge in [0.1, 0.15) is 0 Å². The summed E-state index contributed by atoms with van der Waals surface area (Å²) in [7, 11) is 0. The monoisotopic (exact) mass is 244 g/mol. The van der Waals surface area contributed by atoms with Crippen molar-refractivity contribution in [3.8, 4) is 0 Å². The molecule has 1 aliphatic carbocycles. The van der Waals surface area contributed by atoms with Gasteiger partial charge in [0.15, 0.2) is 6.10 Å². The summed E-state index contributed by atoms with van der Waals surface area (Å²) in [5.74, 6) is -1.43. The first-order valence-electron chi connectivity index (χ1n) is 5.82. The van der Waals surface area contributed by atoms with E-state index < -0.39 is 17.5 Å². The highest BCUT2D eigenvalue weighted by atomic mass is 16.4. The molecular weight excluding hydrogens is 224 g/mol. The lowest BCUT2D eigenvalue weighted by atomic mass is 9.84. The number of amides is 1. The number of carbonyl (C=O) groups is 2. The van der Waals surface area contributed by atoms with Crippen LogP contribution in [0.2, 0.25) is 0 Å². The van der Waals surface area contributed by atoms with Crippen molar-refractivity contribution in [2.75, 3.05) is 6.54 Å². The molecule has 1 aliphatic rings. The lowest BCUT2D eigenvalue weighted by Gasteiger charge is -2.27. The van der Waals surface area contributed by atoms with Crippen LogP contribution in [-0.4, -0.2) is 40.8 Å². The van der Waals surface area contributed by atoms with Crippen LogP contribution in [0.3, 0.4) is 0 Å². The number of carbonyl (C=O) groups excluding carboxylic acids is 1. The number of hydrogen-bond acceptors (Lipinski definition) is 4. The van der Waals surface area contributed by atoms with Gasteiger partial charge in [-0.1, -0.05) is 6.42 Å². The van der Waals surface area contributed by atoms with Crippen LogP contribution in [0.25, 0.3) is 0 Å². The molecule has 0 aromatic heterocycles. The fraction of sp³-hybridized carbons (Fsp3) is 0.818. The molecule has 0 saturated heterocycles. The fourth-order valence-electron chi connectivity index (χ4n) is 2.12. The quantitative estimate of drug-likeness (QED) is 0.518. The van der Waals surface area contributed by atoms with Gasteiger partial charge in [0, 0.05) is 19.0 Å². The second-order valence-electron chi connectivity index (χ2n) is 4.81. The SMILES string of the molecule is CC1(C(=O)NCCC(O)C(=O)O)CCCC1N. The highest BCUT2D eigenvalue weighted by Crippen LogP contribution is 2.36. The average molecular weight is 244 g/mol. The Balaban J connectivity index is 2.37. The van der Waals surface area contributed by atoms with Gasteiger partial charge in [0.05, 0.1) is 5.41 Å². The minimum absolute atomic E-state index is 0.00634. The van der Waals surface area contributed by atoms with E-state index in [4.69, 9.17) is 15.9 Å². The number of aliphatic hydroxyl groups is 1. The fourth-order valence-corrected chi connectivity index (χ4v) is 2.12. The van der Waals surface area contributed by atoms with E-state index in [1.807, 2.05) is 6.92 Å². The number of aliphatic hydroxyl groups excluding tert-OH is 1. The van der Waals surface area contributed by atoms with Crippen molar-refractivity contribution >= 4 is 11.9 Å². The number of nitrogens with two attached hydrogens (primary N) is 1. The van der Waals surface area contributed by atoms with E-state index in [9.17, 15) is 9.59 Å². The number of carboxylic acids is 1. The van der Waals surface area contributed by atoms with Gasteiger partial charge in [-0.25, -0.2) is 4.79 Å². The van der Waals surface area contributed by atoms with Gasteiger partial charge in [-0.05, 0) is 19.8 Å². The Morgan fingerprint density at radius 3 is 2.71 bits per heavy atom. The molecule has 17 heavy (non-hydrogen) atoms. The Bertz CT molecular complexity index is 308. The minimum Gasteiger partial charge on any atom is -0.479 e. The Labute approximate surface area is 100 Å². The predicted molar refractivity (Wildman–Crippen MR) is 61.2 cm³/mol. The maximum atomic E-state index is 11.9.